The number of rotatable bonds is 4. The van der Waals surface area contributed by atoms with Crippen molar-refractivity contribution in [2.45, 2.75) is 25.9 Å². The molecule has 0 unspecified atom stereocenters. The molecule has 0 spiro atoms. The Morgan fingerprint density at radius 1 is 0.875 bits per heavy atom. The quantitative estimate of drug-likeness (QED) is 0.467. The summed E-state index contributed by atoms with van der Waals surface area (Å²) in [6, 6.07) is 26.4. The minimum absolute atomic E-state index is 0.0176. The minimum Gasteiger partial charge on any atom is -0.365 e. The van der Waals surface area contributed by atoms with E-state index >= 15 is 0 Å². The van der Waals surface area contributed by atoms with Crippen LogP contribution in [-0.4, -0.2) is 16.1 Å². The molecule has 0 N–H and O–H groups in total. The number of fused-ring (bicyclic) bond motifs is 1. The van der Waals surface area contributed by atoms with Crippen LogP contribution in [0.4, 0.5) is 10.1 Å². The maximum absolute atomic E-state index is 13.8. The van der Waals surface area contributed by atoms with E-state index in [1.54, 1.807) is 12.1 Å². The van der Waals surface area contributed by atoms with Crippen LogP contribution in [0.2, 0.25) is 0 Å². The zero-order valence-electron chi connectivity index (χ0n) is 17.9. The second kappa shape index (κ2) is 8.42. The summed E-state index contributed by atoms with van der Waals surface area (Å²) >= 11 is 0. The van der Waals surface area contributed by atoms with Crippen LogP contribution in [0.3, 0.4) is 0 Å². The van der Waals surface area contributed by atoms with Crippen LogP contribution < -0.4 is 10.5 Å². The second-order valence-electron chi connectivity index (χ2n) is 8.13. The van der Waals surface area contributed by atoms with Gasteiger partial charge in [0.15, 0.2) is 0 Å². The molecule has 0 radical (unpaired) electrons. The Kier molecular flexibility index (Phi) is 5.31. The zero-order valence-corrected chi connectivity index (χ0v) is 17.9. The van der Waals surface area contributed by atoms with Gasteiger partial charge >= 0.3 is 0 Å². The highest BCUT2D eigenvalue weighted by molar-refractivity contribution is 5.48. The third-order valence-corrected chi connectivity index (χ3v) is 6.12. The lowest BCUT2D eigenvalue weighted by Crippen LogP contribution is -2.39. The van der Waals surface area contributed by atoms with Gasteiger partial charge in [0, 0.05) is 17.8 Å². The highest BCUT2D eigenvalue weighted by Crippen LogP contribution is 2.28. The predicted octanol–water partition coefficient (Wildman–Crippen LogP) is 4.89. The van der Waals surface area contributed by atoms with Crippen molar-refractivity contribution < 1.29 is 4.39 Å². The average Bonchev–Trinajstić information content (AvgIpc) is 2.83. The molecule has 0 atom stereocenters. The number of hydrogen-bond acceptors (Lipinski definition) is 3. The molecule has 0 amide bonds. The summed E-state index contributed by atoms with van der Waals surface area (Å²) in [7, 11) is 0. The Morgan fingerprint density at radius 2 is 1.47 bits per heavy atom. The van der Waals surface area contributed by atoms with Gasteiger partial charge in [0.05, 0.1) is 18.3 Å². The summed E-state index contributed by atoms with van der Waals surface area (Å²) < 4.78 is 15.2. The summed E-state index contributed by atoms with van der Waals surface area (Å²) in [6.45, 7) is 3.14. The van der Waals surface area contributed by atoms with E-state index in [4.69, 9.17) is 4.98 Å². The normalized spacial score (nSPS) is 13.3. The molecule has 1 aromatic heterocycles. The summed E-state index contributed by atoms with van der Waals surface area (Å²) in [5, 5.41) is 0. The van der Waals surface area contributed by atoms with Gasteiger partial charge in [-0.3, -0.25) is 9.36 Å². The molecule has 0 saturated heterocycles. The van der Waals surface area contributed by atoms with Crippen molar-refractivity contribution in [3.8, 4) is 0 Å². The van der Waals surface area contributed by atoms with Crippen molar-refractivity contribution in [1.82, 2.24) is 9.55 Å². The van der Waals surface area contributed by atoms with E-state index < -0.39 is 0 Å². The Labute approximate surface area is 186 Å². The van der Waals surface area contributed by atoms with E-state index in [1.165, 1.54) is 12.1 Å². The van der Waals surface area contributed by atoms with Crippen molar-refractivity contribution in [2.75, 3.05) is 11.4 Å². The van der Waals surface area contributed by atoms with Gasteiger partial charge < -0.3 is 4.90 Å². The molecule has 0 bridgehead atoms. The van der Waals surface area contributed by atoms with E-state index in [-0.39, 0.29) is 17.4 Å². The van der Waals surface area contributed by atoms with Crippen molar-refractivity contribution in [2.24, 2.45) is 0 Å². The van der Waals surface area contributed by atoms with Crippen LogP contribution in [0.1, 0.15) is 34.3 Å². The largest absolute Gasteiger partial charge is 0.365 e. The van der Waals surface area contributed by atoms with Crippen LogP contribution in [0.15, 0.2) is 89.7 Å². The third-order valence-electron chi connectivity index (χ3n) is 6.12. The summed E-state index contributed by atoms with van der Waals surface area (Å²) in [5.41, 5.74) is 4.63. The zero-order chi connectivity index (χ0) is 22.1. The molecular formula is C27H24FN3O. The molecule has 4 nitrogen and oxygen atoms in total. The standard InChI is InChI=1S/C27H24FN3O/c1-19-29-25-18-30(23-14-12-22(28)13-15-23)17-16-24(25)27(32)31(19)26(20-8-4-2-5-9-20)21-10-6-3-7-11-21/h2-15,26H,16-18H2,1H3. The lowest BCUT2D eigenvalue weighted by Gasteiger charge is -2.31. The Morgan fingerprint density at radius 3 is 2.06 bits per heavy atom. The average molecular weight is 426 g/mol. The van der Waals surface area contributed by atoms with Crippen LogP contribution in [-0.2, 0) is 13.0 Å². The van der Waals surface area contributed by atoms with Crippen LogP contribution in [0.25, 0.3) is 0 Å². The first kappa shape index (κ1) is 20.2. The predicted molar refractivity (Wildman–Crippen MR) is 125 cm³/mol. The fourth-order valence-corrected chi connectivity index (χ4v) is 4.56. The van der Waals surface area contributed by atoms with Crippen molar-refractivity contribution in [3.05, 3.63) is 129 Å². The molecule has 3 aromatic carbocycles. The Hall–Kier alpha value is -3.73. The molecule has 0 fully saturated rings. The first-order valence-corrected chi connectivity index (χ1v) is 10.8. The molecule has 2 heterocycles. The first-order chi connectivity index (χ1) is 15.6. The number of anilines is 1. The number of nitrogens with zero attached hydrogens (tertiary/aromatic N) is 3. The SMILES string of the molecule is Cc1nc2c(c(=O)n1C(c1ccccc1)c1ccccc1)CCN(c1ccc(F)cc1)C2. The summed E-state index contributed by atoms with van der Waals surface area (Å²) in [4.78, 5) is 20.8. The van der Waals surface area contributed by atoms with Gasteiger partial charge in [-0.25, -0.2) is 9.37 Å². The Balaban J connectivity index is 1.59. The Bertz CT molecular complexity index is 1250. The summed E-state index contributed by atoms with van der Waals surface area (Å²) in [5.74, 6) is 0.434. The van der Waals surface area contributed by atoms with Gasteiger partial charge in [0.2, 0.25) is 0 Å². The molecular weight excluding hydrogens is 401 g/mol. The number of benzene rings is 3. The van der Waals surface area contributed by atoms with Crippen LogP contribution in [0, 0.1) is 12.7 Å². The van der Waals surface area contributed by atoms with E-state index in [0.29, 0.717) is 25.3 Å². The van der Waals surface area contributed by atoms with Gasteiger partial charge in [-0.2, -0.15) is 0 Å². The monoisotopic (exact) mass is 425 g/mol. The highest BCUT2D eigenvalue weighted by atomic mass is 19.1. The molecule has 32 heavy (non-hydrogen) atoms. The lowest BCUT2D eigenvalue weighted by atomic mass is 9.97. The molecule has 160 valence electrons. The van der Waals surface area contributed by atoms with Crippen molar-refractivity contribution in [1.29, 1.82) is 0 Å². The smallest absolute Gasteiger partial charge is 0.257 e. The molecule has 5 rings (SSSR count). The molecule has 0 saturated carbocycles. The fourth-order valence-electron chi connectivity index (χ4n) is 4.56. The number of hydrogen-bond donors (Lipinski definition) is 0. The van der Waals surface area contributed by atoms with Gasteiger partial charge in [-0.15, -0.1) is 0 Å². The topological polar surface area (TPSA) is 38.1 Å². The first-order valence-electron chi connectivity index (χ1n) is 10.8. The second-order valence-corrected chi connectivity index (χ2v) is 8.13. The molecule has 5 heteroatoms. The van der Waals surface area contributed by atoms with Crippen molar-refractivity contribution in [3.63, 3.8) is 0 Å². The fraction of sp³-hybridized carbons (Fsp3) is 0.185. The summed E-state index contributed by atoms with van der Waals surface area (Å²) in [6.07, 6.45) is 0.606. The third kappa shape index (κ3) is 3.71. The van der Waals surface area contributed by atoms with Gasteiger partial charge in [0.1, 0.15) is 11.6 Å². The molecule has 0 aliphatic carbocycles. The molecule has 1 aliphatic rings. The van der Waals surface area contributed by atoms with Crippen LogP contribution >= 0.6 is 0 Å². The molecule has 1 aliphatic heterocycles. The van der Waals surface area contributed by atoms with Crippen molar-refractivity contribution >= 4 is 5.69 Å². The van der Waals surface area contributed by atoms with Gasteiger partial charge in [0.25, 0.3) is 5.56 Å². The lowest BCUT2D eigenvalue weighted by molar-refractivity contribution is 0.578. The minimum atomic E-state index is -0.254. The molecule has 4 aromatic rings. The van der Waals surface area contributed by atoms with E-state index in [1.807, 2.05) is 47.9 Å². The van der Waals surface area contributed by atoms with Gasteiger partial charge in [-0.1, -0.05) is 60.7 Å². The van der Waals surface area contributed by atoms with E-state index in [9.17, 15) is 9.18 Å². The van der Waals surface area contributed by atoms with Crippen LogP contribution in [0.5, 0.6) is 0 Å². The number of aromatic nitrogens is 2. The maximum Gasteiger partial charge on any atom is 0.257 e. The highest BCUT2D eigenvalue weighted by Gasteiger charge is 2.26. The van der Waals surface area contributed by atoms with Gasteiger partial charge in [-0.05, 0) is 48.7 Å². The van der Waals surface area contributed by atoms with E-state index in [2.05, 4.69) is 29.2 Å². The number of aryl methyl sites for hydroxylation is 1. The van der Waals surface area contributed by atoms with E-state index in [0.717, 1.165) is 28.1 Å². The number of halogens is 1. The maximum atomic E-state index is 13.8.